The number of aromatic nitrogens is 4. The molecule has 0 bridgehead atoms. The number of anilines is 1. The maximum Gasteiger partial charge on any atom is 0.234 e. The van der Waals surface area contributed by atoms with Crippen LogP contribution in [0.5, 0.6) is 0 Å². The van der Waals surface area contributed by atoms with Crippen molar-refractivity contribution in [1.29, 1.82) is 0 Å². The van der Waals surface area contributed by atoms with E-state index in [1.807, 2.05) is 46.9 Å². The van der Waals surface area contributed by atoms with Crippen LogP contribution in [-0.4, -0.2) is 31.2 Å². The zero-order chi connectivity index (χ0) is 20.5. The molecule has 0 spiro atoms. The summed E-state index contributed by atoms with van der Waals surface area (Å²) in [6.45, 7) is 0. The lowest BCUT2D eigenvalue weighted by atomic mass is 10.1. The van der Waals surface area contributed by atoms with Gasteiger partial charge in [-0.1, -0.05) is 58.0 Å². The number of carbonyl (C=O) groups is 1. The Morgan fingerprint density at radius 3 is 2.70 bits per heavy atom. The zero-order valence-electron chi connectivity index (χ0n) is 15.4. The molecule has 5 aromatic rings. The SMILES string of the molecule is O=C(CSc1nnc2c3c(-c4ccccc4)csc3ncn12)Nc1ccc(Br)cc1. The Bertz CT molecular complexity index is 1350. The number of nitrogens with one attached hydrogen (secondary N) is 1. The fourth-order valence-corrected chi connectivity index (χ4v) is 4.99. The van der Waals surface area contributed by atoms with Crippen molar-refractivity contribution < 1.29 is 4.79 Å². The van der Waals surface area contributed by atoms with E-state index < -0.39 is 0 Å². The third-order valence-corrected chi connectivity index (χ3v) is 6.85. The summed E-state index contributed by atoms with van der Waals surface area (Å²) in [5.41, 5.74) is 3.70. The van der Waals surface area contributed by atoms with Gasteiger partial charge in [-0.3, -0.25) is 9.20 Å². The van der Waals surface area contributed by atoms with Gasteiger partial charge in [0.2, 0.25) is 5.91 Å². The number of halogens is 1. The molecule has 0 saturated carbocycles. The molecule has 3 aromatic heterocycles. The minimum absolute atomic E-state index is 0.103. The number of rotatable bonds is 5. The van der Waals surface area contributed by atoms with E-state index >= 15 is 0 Å². The number of thioether (sulfide) groups is 1. The van der Waals surface area contributed by atoms with E-state index in [-0.39, 0.29) is 11.7 Å². The average molecular weight is 496 g/mol. The van der Waals surface area contributed by atoms with Crippen molar-refractivity contribution in [3.63, 3.8) is 0 Å². The molecule has 0 aliphatic heterocycles. The number of thiophene rings is 1. The molecule has 0 unspecified atom stereocenters. The van der Waals surface area contributed by atoms with Crippen LogP contribution in [0.3, 0.4) is 0 Å². The first-order valence-corrected chi connectivity index (χ1v) is 11.7. The number of nitrogens with zero attached hydrogens (tertiary/aromatic N) is 4. The van der Waals surface area contributed by atoms with Gasteiger partial charge in [-0.05, 0) is 29.8 Å². The van der Waals surface area contributed by atoms with Crippen LogP contribution in [0.2, 0.25) is 0 Å². The second-order valence-corrected chi connectivity index (χ2v) is 9.18. The van der Waals surface area contributed by atoms with Crippen molar-refractivity contribution in [1.82, 2.24) is 19.6 Å². The Hall–Kier alpha value is -2.75. The van der Waals surface area contributed by atoms with E-state index in [1.165, 1.54) is 11.8 Å². The third-order valence-electron chi connectivity index (χ3n) is 4.50. The molecule has 0 aliphatic rings. The summed E-state index contributed by atoms with van der Waals surface area (Å²) in [5.74, 6) is 0.123. The first-order chi connectivity index (χ1) is 14.7. The Balaban J connectivity index is 1.41. The lowest BCUT2D eigenvalue weighted by Crippen LogP contribution is -2.14. The molecule has 6 nitrogen and oxygen atoms in total. The van der Waals surface area contributed by atoms with E-state index in [2.05, 4.69) is 53.9 Å². The quantitative estimate of drug-likeness (QED) is 0.326. The lowest BCUT2D eigenvalue weighted by molar-refractivity contribution is -0.113. The summed E-state index contributed by atoms with van der Waals surface area (Å²) >= 11 is 6.30. The van der Waals surface area contributed by atoms with Gasteiger partial charge in [-0.15, -0.1) is 21.5 Å². The van der Waals surface area contributed by atoms with E-state index in [4.69, 9.17) is 0 Å². The molecular weight excluding hydrogens is 482 g/mol. The number of hydrogen-bond acceptors (Lipinski definition) is 6. The third kappa shape index (κ3) is 3.71. The molecule has 148 valence electrons. The molecule has 0 aliphatic carbocycles. The van der Waals surface area contributed by atoms with Crippen molar-refractivity contribution in [2.75, 3.05) is 11.1 Å². The van der Waals surface area contributed by atoms with Gasteiger partial charge in [-0.2, -0.15) is 0 Å². The monoisotopic (exact) mass is 495 g/mol. The van der Waals surface area contributed by atoms with Crippen LogP contribution < -0.4 is 5.32 Å². The van der Waals surface area contributed by atoms with Crippen LogP contribution in [0.4, 0.5) is 5.69 Å². The van der Waals surface area contributed by atoms with E-state index in [0.29, 0.717) is 5.16 Å². The standard InChI is InChI=1S/C21H14BrN5OS2/c22-14-6-8-15(9-7-14)24-17(28)11-30-21-26-25-19-18-16(13-4-2-1-3-5-13)10-29-20(18)23-12-27(19)21/h1-10,12H,11H2,(H,24,28). The fourth-order valence-electron chi connectivity index (χ4n) is 3.11. The summed E-state index contributed by atoms with van der Waals surface area (Å²) in [7, 11) is 0. The molecule has 1 N–H and O–H groups in total. The van der Waals surface area contributed by atoms with Crippen molar-refractivity contribution in [3.8, 4) is 11.1 Å². The average Bonchev–Trinajstić information content (AvgIpc) is 3.38. The van der Waals surface area contributed by atoms with Crippen LogP contribution in [0, 0.1) is 0 Å². The number of benzene rings is 2. The summed E-state index contributed by atoms with van der Waals surface area (Å²) in [5, 5.41) is 15.3. The summed E-state index contributed by atoms with van der Waals surface area (Å²) < 4.78 is 2.81. The maximum absolute atomic E-state index is 12.3. The van der Waals surface area contributed by atoms with Crippen LogP contribution in [0.25, 0.3) is 27.0 Å². The molecule has 9 heteroatoms. The van der Waals surface area contributed by atoms with Crippen molar-refractivity contribution in [2.45, 2.75) is 5.16 Å². The highest BCUT2D eigenvalue weighted by Crippen LogP contribution is 2.35. The van der Waals surface area contributed by atoms with E-state index in [9.17, 15) is 4.79 Å². The largest absolute Gasteiger partial charge is 0.325 e. The normalized spacial score (nSPS) is 11.2. The van der Waals surface area contributed by atoms with Crippen molar-refractivity contribution >= 4 is 66.5 Å². The predicted molar refractivity (Wildman–Crippen MR) is 125 cm³/mol. The first kappa shape index (κ1) is 19.2. The Kier molecular flexibility index (Phi) is 5.24. The smallest absolute Gasteiger partial charge is 0.234 e. The van der Waals surface area contributed by atoms with Crippen LogP contribution in [0.15, 0.2) is 75.9 Å². The van der Waals surface area contributed by atoms with Crippen LogP contribution >= 0.6 is 39.0 Å². The Labute approximate surface area is 188 Å². The van der Waals surface area contributed by atoms with Crippen LogP contribution in [0.1, 0.15) is 0 Å². The summed E-state index contributed by atoms with van der Waals surface area (Å²) in [4.78, 5) is 17.8. The molecule has 30 heavy (non-hydrogen) atoms. The van der Waals surface area contributed by atoms with Gasteiger partial charge in [0.05, 0.1) is 11.1 Å². The summed E-state index contributed by atoms with van der Waals surface area (Å²) in [6.07, 6.45) is 1.72. The Morgan fingerprint density at radius 1 is 1.10 bits per heavy atom. The Morgan fingerprint density at radius 2 is 1.90 bits per heavy atom. The van der Waals surface area contributed by atoms with Crippen LogP contribution in [-0.2, 0) is 4.79 Å². The molecule has 1 amide bonds. The summed E-state index contributed by atoms with van der Waals surface area (Å²) in [6, 6.07) is 17.6. The lowest BCUT2D eigenvalue weighted by Gasteiger charge is -2.05. The number of fused-ring (bicyclic) bond motifs is 3. The highest BCUT2D eigenvalue weighted by Gasteiger charge is 2.16. The zero-order valence-corrected chi connectivity index (χ0v) is 18.7. The second kappa shape index (κ2) is 8.17. The van der Waals surface area contributed by atoms with Gasteiger partial charge < -0.3 is 5.32 Å². The van der Waals surface area contributed by atoms with E-state index in [1.54, 1.807) is 17.7 Å². The molecule has 0 saturated heterocycles. The molecule has 3 heterocycles. The van der Waals surface area contributed by atoms with Gasteiger partial charge in [0, 0.05) is 21.1 Å². The number of carbonyl (C=O) groups excluding carboxylic acids is 1. The first-order valence-electron chi connectivity index (χ1n) is 9.03. The van der Waals surface area contributed by atoms with Gasteiger partial charge in [0.15, 0.2) is 10.8 Å². The molecule has 0 fully saturated rings. The highest BCUT2D eigenvalue weighted by molar-refractivity contribution is 9.10. The topological polar surface area (TPSA) is 72.2 Å². The predicted octanol–water partition coefficient (Wildman–Crippen LogP) is 5.50. The highest BCUT2D eigenvalue weighted by atomic mass is 79.9. The maximum atomic E-state index is 12.3. The van der Waals surface area contributed by atoms with Gasteiger partial charge in [0.1, 0.15) is 11.2 Å². The molecule has 2 aromatic carbocycles. The molecule has 0 atom stereocenters. The minimum atomic E-state index is -0.103. The van der Waals surface area contributed by atoms with Gasteiger partial charge in [-0.25, -0.2) is 4.98 Å². The molecule has 5 rings (SSSR count). The fraction of sp³-hybridized carbons (Fsp3) is 0.0476. The van der Waals surface area contributed by atoms with Crippen molar-refractivity contribution in [2.24, 2.45) is 0 Å². The minimum Gasteiger partial charge on any atom is -0.325 e. The molecular formula is C21H14BrN5OS2. The second-order valence-electron chi connectivity index (χ2n) is 6.46. The van der Waals surface area contributed by atoms with Crippen molar-refractivity contribution in [3.05, 3.63) is 70.8 Å². The number of hydrogen-bond donors (Lipinski definition) is 1. The van der Waals surface area contributed by atoms with E-state index in [0.717, 1.165) is 37.2 Å². The van der Waals surface area contributed by atoms with Gasteiger partial charge in [0.25, 0.3) is 0 Å². The molecule has 0 radical (unpaired) electrons. The number of amides is 1. The van der Waals surface area contributed by atoms with Gasteiger partial charge >= 0.3 is 0 Å².